The largest absolute Gasteiger partial charge is 0.498 e. The van der Waals surface area contributed by atoms with Crippen LogP contribution in [-0.4, -0.2) is 81.7 Å². The Balaban J connectivity index is 1.50. The third-order valence-corrected chi connectivity index (χ3v) is 5.68. The molecule has 9 nitrogen and oxygen atoms in total. The number of aliphatic hydroxyl groups is 2. The van der Waals surface area contributed by atoms with Gasteiger partial charge in [0.15, 0.2) is 6.10 Å². The van der Waals surface area contributed by atoms with Gasteiger partial charge in [-0.2, -0.15) is 0 Å². The highest BCUT2D eigenvalue weighted by atomic mass is 16.7. The number of carbonyl (C=O) groups excluding carboxylic acids is 1. The molecule has 2 N–H and O–H groups in total. The van der Waals surface area contributed by atoms with E-state index in [2.05, 4.69) is 9.97 Å². The zero-order valence-electron chi connectivity index (χ0n) is 16.8. The topological polar surface area (TPSA) is 114 Å². The fraction of sp³-hybridized carbons (Fsp3) is 0.722. The average Bonchev–Trinajstić information content (AvgIpc) is 3.21. The molecule has 1 aromatic heterocycles. The third kappa shape index (κ3) is 4.30. The molecule has 10 heteroatoms. The third-order valence-electron chi connectivity index (χ3n) is 5.68. The lowest BCUT2D eigenvalue weighted by molar-refractivity contribution is -0.141. The molecule has 2 aliphatic heterocycles. The second-order valence-electron chi connectivity index (χ2n) is 8.34. The highest BCUT2D eigenvalue weighted by Gasteiger charge is 2.52. The Morgan fingerprint density at radius 1 is 1.32 bits per heavy atom. The number of likely N-dealkylation sites (tertiary alicyclic amines) is 1. The first-order valence-electron chi connectivity index (χ1n) is 9.51. The van der Waals surface area contributed by atoms with E-state index in [4.69, 9.17) is 19.2 Å². The van der Waals surface area contributed by atoms with Crippen molar-refractivity contribution in [1.82, 2.24) is 14.9 Å². The molecular formula is C18H28BN3O6. The van der Waals surface area contributed by atoms with Crippen molar-refractivity contribution in [2.24, 2.45) is 5.92 Å². The average molecular weight is 393 g/mol. The van der Waals surface area contributed by atoms with Crippen molar-refractivity contribution in [3.05, 3.63) is 12.4 Å². The van der Waals surface area contributed by atoms with Crippen LogP contribution in [0.25, 0.3) is 0 Å². The number of nitrogens with zero attached hydrogens (tertiary/aromatic N) is 3. The first-order valence-corrected chi connectivity index (χ1v) is 9.51. The molecule has 2 fully saturated rings. The van der Waals surface area contributed by atoms with Crippen molar-refractivity contribution in [2.75, 3.05) is 26.3 Å². The molecule has 0 saturated carbocycles. The Morgan fingerprint density at radius 3 is 2.50 bits per heavy atom. The Kier molecular flexibility index (Phi) is 5.95. The van der Waals surface area contributed by atoms with Crippen LogP contribution in [-0.2, 0) is 14.1 Å². The van der Waals surface area contributed by atoms with E-state index >= 15 is 0 Å². The first kappa shape index (κ1) is 21.0. The van der Waals surface area contributed by atoms with Crippen LogP contribution < -0.4 is 10.2 Å². The normalized spacial score (nSPS) is 24.4. The minimum atomic E-state index is -1.36. The summed E-state index contributed by atoms with van der Waals surface area (Å²) in [7, 11) is -0.522. The van der Waals surface area contributed by atoms with Gasteiger partial charge in [-0.05, 0) is 34.1 Å². The molecule has 1 amide bonds. The summed E-state index contributed by atoms with van der Waals surface area (Å²) in [5.41, 5.74) is -0.133. The zero-order valence-corrected chi connectivity index (χ0v) is 16.8. The van der Waals surface area contributed by atoms with Crippen molar-refractivity contribution >= 4 is 18.5 Å². The van der Waals surface area contributed by atoms with E-state index in [9.17, 15) is 9.90 Å². The van der Waals surface area contributed by atoms with Gasteiger partial charge >= 0.3 is 13.1 Å². The van der Waals surface area contributed by atoms with Crippen molar-refractivity contribution in [1.29, 1.82) is 0 Å². The SMILES string of the molecule is CC1(C)OB(c2cnc(OC[C@@H]3CCN(C(=O)[C@H](O)CO)C3)nc2)OC1(C)C. The molecule has 0 bridgehead atoms. The molecule has 0 unspecified atom stereocenters. The maximum Gasteiger partial charge on any atom is 0.498 e. The van der Waals surface area contributed by atoms with Crippen LogP contribution in [0.1, 0.15) is 34.1 Å². The molecule has 0 aliphatic carbocycles. The lowest BCUT2D eigenvalue weighted by Gasteiger charge is -2.32. The van der Waals surface area contributed by atoms with Gasteiger partial charge in [-0.15, -0.1) is 0 Å². The van der Waals surface area contributed by atoms with Gasteiger partial charge in [-0.25, -0.2) is 9.97 Å². The molecular weight excluding hydrogens is 365 g/mol. The summed E-state index contributed by atoms with van der Waals surface area (Å²) in [6, 6.07) is 0.250. The lowest BCUT2D eigenvalue weighted by Crippen LogP contribution is -2.41. The van der Waals surface area contributed by atoms with Gasteiger partial charge in [-0.3, -0.25) is 4.79 Å². The van der Waals surface area contributed by atoms with Gasteiger partial charge in [0, 0.05) is 36.9 Å². The number of aromatic nitrogens is 2. The number of amides is 1. The molecule has 3 rings (SSSR count). The molecule has 0 spiro atoms. The van der Waals surface area contributed by atoms with Crippen LogP contribution >= 0.6 is 0 Å². The highest BCUT2D eigenvalue weighted by molar-refractivity contribution is 6.61. The molecule has 2 aliphatic rings. The highest BCUT2D eigenvalue weighted by Crippen LogP contribution is 2.36. The number of carbonyl (C=O) groups is 1. The maximum absolute atomic E-state index is 11.9. The molecule has 2 saturated heterocycles. The van der Waals surface area contributed by atoms with Gasteiger partial charge in [0.25, 0.3) is 5.91 Å². The smallest absolute Gasteiger partial charge is 0.463 e. The van der Waals surface area contributed by atoms with E-state index in [1.165, 1.54) is 4.90 Å². The van der Waals surface area contributed by atoms with E-state index in [0.29, 0.717) is 19.7 Å². The van der Waals surface area contributed by atoms with Crippen LogP contribution in [0.4, 0.5) is 0 Å². The van der Waals surface area contributed by atoms with Crippen molar-refractivity contribution in [3.63, 3.8) is 0 Å². The van der Waals surface area contributed by atoms with Crippen molar-refractivity contribution in [2.45, 2.75) is 51.4 Å². The number of aliphatic hydroxyl groups excluding tert-OH is 2. The van der Waals surface area contributed by atoms with Gasteiger partial charge in [0.05, 0.1) is 24.4 Å². The second-order valence-corrected chi connectivity index (χ2v) is 8.34. The Morgan fingerprint density at radius 2 is 1.93 bits per heavy atom. The van der Waals surface area contributed by atoms with Crippen LogP contribution in [0.2, 0.25) is 0 Å². The van der Waals surface area contributed by atoms with E-state index in [1.807, 2.05) is 27.7 Å². The summed E-state index contributed by atoms with van der Waals surface area (Å²) in [4.78, 5) is 21.9. The van der Waals surface area contributed by atoms with Gasteiger partial charge in [0.1, 0.15) is 0 Å². The summed E-state index contributed by atoms with van der Waals surface area (Å²) >= 11 is 0. The minimum absolute atomic E-state index is 0.126. The van der Waals surface area contributed by atoms with E-state index in [0.717, 1.165) is 11.9 Å². The summed E-state index contributed by atoms with van der Waals surface area (Å²) in [6.07, 6.45) is 2.67. The van der Waals surface area contributed by atoms with Crippen LogP contribution in [0.5, 0.6) is 6.01 Å². The second kappa shape index (κ2) is 7.94. The van der Waals surface area contributed by atoms with Crippen LogP contribution in [0.15, 0.2) is 12.4 Å². The van der Waals surface area contributed by atoms with E-state index in [-0.39, 0.29) is 11.9 Å². The summed E-state index contributed by atoms with van der Waals surface area (Å²) < 4.78 is 17.6. The van der Waals surface area contributed by atoms with E-state index < -0.39 is 36.9 Å². The summed E-state index contributed by atoms with van der Waals surface area (Å²) in [5.74, 6) is -0.325. The fourth-order valence-corrected chi connectivity index (χ4v) is 3.15. The Hall–Kier alpha value is -1.75. The summed E-state index contributed by atoms with van der Waals surface area (Å²) in [6.45, 7) is 8.75. The Labute approximate surface area is 165 Å². The number of hydrogen-bond acceptors (Lipinski definition) is 8. The predicted octanol–water partition coefficient (Wildman–Crippen LogP) is -0.644. The molecule has 1 aromatic rings. The van der Waals surface area contributed by atoms with Gasteiger partial charge in [0.2, 0.25) is 0 Å². The molecule has 2 atom stereocenters. The predicted molar refractivity (Wildman–Crippen MR) is 101 cm³/mol. The molecule has 3 heterocycles. The van der Waals surface area contributed by atoms with Crippen LogP contribution in [0, 0.1) is 5.92 Å². The summed E-state index contributed by atoms with van der Waals surface area (Å²) in [5, 5.41) is 18.3. The van der Waals surface area contributed by atoms with E-state index in [1.54, 1.807) is 12.4 Å². The number of rotatable bonds is 6. The zero-order chi connectivity index (χ0) is 20.5. The van der Waals surface area contributed by atoms with Crippen LogP contribution in [0.3, 0.4) is 0 Å². The maximum atomic E-state index is 11.9. The lowest BCUT2D eigenvalue weighted by atomic mass is 9.81. The first-order chi connectivity index (χ1) is 13.1. The number of hydrogen-bond donors (Lipinski definition) is 2. The fourth-order valence-electron chi connectivity index (χ4n) is 3.15. The van der Waals surface area contributed by atoms with Gasteiger partial charge < -0.3 is 29.2 Å². The molecule has 0 radical (unpaired) electrons. The Bertz CT molecular complexity index is 683. The molecule has 154 valence electrons. The number of ether oxygens (including phenoxy) is 1. The molecule has 28 heavy (non-hydrogen) atoms. The minimum Gasteiger partial charge on any atom is -0.463 e. The van der Waals surface area contributed by atoms with Crippen molar-refractivity contribution < 1.29 is 29.1 Å². The van der Waals surface area contributed by atoms with Gasteiger partial charge in [-0.1, -0.05) is 0 Å². The monoisotopic (exact) mass is 393 g/mol. The quantitative estimate of drug-likeness (QED) is 0.614. The molecule has 0 aromatic carbocycles. The van der Waals surface area contributed by atoms with Crippen molar-refractivity contribution in [3.8, 4) is 6.01 Å². The standard InChI is InChI=1S/C18H28BN3O6/c1-17(2)18(3,4)28-19(27-17)13-7-20-16(21-8-13)26-11-12-5-6-22(9-12)15(25)14(24)10-23/h7-8,12,14,23-24H,5-6,9-11H2,1-4H3/t12-,14-/m1/s1.